The Hall–Kier alpha value is -4.14. The van der Waals surface area contributed by atoms with Crippen molar-refractivity contribution in [2.45, 2.75) is 44.4 Å². The second-order valence-electron chi connectivity index (χ2n) is 9.35. The number of nitro benzene ring substituents is 1. The number of rotatable bonds is 7. The van der Waals surface area contributed by atoms with E-state index in [2.05, 4.69) is 0 Å². The highest BCUT2D eigenvalue weighted by atomic mass is 16.6. The van der Waals surface area contributed by atoms with Crippen molar-refractivity contribution in [3.8, 4) is 5.75 Å². The van der Waals surface area contributed by atoms with E-state index in [-0.39, 0.29) is 56.6 Å². The SMILES string of the molecule is COC(=O)[C@@H]1C[C@@H](N(C[C@@H]2CN(C(=O)O)CCN2C(=O)O)C(=O)Oc2ccc([N+](=O)[O-])cc2)CN1C(C)C. The van der Waals surface area contributed by atoms with Gasteiger partial charge in [-0.25, -0.2) is 14.4 Å². The molecular weight excluding hydrogens is 506 g/mol. The zero-order valence-corrected chi connectivity index (χ0v) is 21.3. The first-order valence-electron chi connectivity index (χ1n) is 12.0. The van der Waals surface area contributed by atoms with Crippen LogP contribution in [0.15, 0.2) is 24.3 Å². The summed E-state index contributed by atoms with van der Waals surface area (Å²) in [4.78, 5) is 65.1. The molecule has 0 aromatic heterocycles. The lowest BCUT2D eigenvalue weighted by atomic mass is 10.1. The molecule has 3 amide bonds. The number of nitrogens with zero attached hydrogens (tertiary/aromatic N) is 5. The molecule has 0 radical (unpaired) electrons. The Balaban J connectivity index is 1.91. The Labute approximate surface area is 218 Å². The molecule has 208 valence electrons. The topological polar surface area (TPSA) is 183 Å². The molecule has 38 heavy (non-hydrogen) atoms. The lowest BCUT2D eigenvalue weighted by Gasteiger charge is -2.41. The summed E-state index contributed by atoms with van der Waals surface area (Å²) < 4.78 is 10.4. The van der Waals surface area contributed by atoms with Crippen LogP contribution in [0.5, 0.6) is 5.75 Å². The Bertz CT molecular complexity index is 1070. The van der Waals surface area contributed by atoms with Crippen LogP contribution in [-0.2, 0) is 9.53 Å². The number of non-ortho nitro benzene ring substituents is 1. The van der Waals surface area contributed by atoms with Crippen molar-refractivity contribution in [1.29, 1.82) is 0 Å². The molecule has 2 fully saturated rings. The lowest BCUT2D eigenvalue weighted by molar-refractivity contribution is -0.384. The number of amides is 3. The first-order valence-corrected chi connectivity index (χ1v) is 12.0. The highest BCUT2D eigenvalue weighted by molar-refractivity contribution is 5.77. The van der Waals surface area contributed by atoms with E-state index in [1.807, 2.05) is 18.7 Å². The van der Waals surface area contributed by atoms with Gasteiger partial charge in [-0.2, -0.15) is 0 Å². The van der Waals surface area contributed by atoms with E-state index in [0.29, 0.717) is 0 Å². The lowest BCUT2D eigenvalue weighted by Crippen LogP contribution is -2.61. The van der Waals surface area contributed by atoms with Crippen LogP contribution in [0.3, 0.4) is 0 Å². The maximum Gasteiger partial charge on any atom is 0.415 e. The number of likely N-dealkylation sites (tertiary alicyclic amines) is 1. The Morgan fingerprint density at radius 3 is 2.29 bits per heavy atom. The van der Waals surface area contributed by atoms with Gasteiger partial charge >= 0.3 is 24.2 Å². The summed E-state index contributed by atoms with van der Waals surface area (Å²) in [5.41, 5.74) is -0.195. The number of piperazine rings is 1. The molecule has 1 aromatic rings. The first-order chi connectivity index (χ1) is 17.9. The number of benzene rings is 1. The second-order valence-corrected chi connectivity index (χ2v) is 9.35. The van der Waals surface area contributed by atoms with Crippen LogP contribution < -0.4 is 4.74 Å². The first kappa shape index (κ1) is 28.4. The Morgan fingerprint density at radius 1 is 1.11 bits per heavy atom. The molecule has 15 nitrogen and oxygen atoms in total. The summed E-state index contributed by atoms with van der Waals surface area (Å²) in [6, 6.07) is 2.65. The summed E-state index contributed by atoms with van der Waals surface area (Å²) >= 11 is 0. The minimum absolute atomic E-state index is 0.0135. The maximum atomic E-state index is 13.4. The van der Waals surface area contributed by atoms with Crippen LogP contribution in [0.4, 0.5) is 20.1 Å². The largest absolute Gasteiger partial charge is 0.468 e. The maximum absolute atomic E-state index is 13.4. The van der Waals surface area contributed by atoms with Crippen LogP contribution in [0, 0.1) is 10.1 Å². The van der Waals surface area contributed by atoms with E-state index in [9.17, 15) is 39.5 Å². The van der Waals surface area contributed by atoms with E-state index in [4.69, 9.17) is 9.47 Å². The summed E-state index contributed by atoms with van der Waals surface area (Å²) in [5.74, 6) is -0.452. The number of esters is 1. The van der Waals surface area contributed by atoms with Gasteiger partial charge in [-0.3, -0.25) is 19.8 Å². The smallest absolute Gasteiger partial charge is 0.415 e. The van der Waals surface area contributed by atoms with Gasteiger partial charge in [-0.15, -0.1) is 0 Å². The van der Waals surface area contributed by atoms with Crippen molar-refractivity contribution in [1.82, 2.24) is 19.6 Å². The predicted molar refractivity (Wildman–Crippen MR) is 130 cm³/mol. The molecule has 2 saturated heterocycles. The third-order valence-electron chi connectivity index (χ3n) is 6.79. The number of carbonyl (C=O) groups excluding carboxylic acids is 2. The monoisotopic (exact) mass is 537 g/mol. The van der Waals surface area contributed by atoms with E-state index in [1.54, 1.807) is 0 Å². The van der Waals surface area contributed by atoms with Crippen LogP contribution in [-0.4, -0.2) is 123 Å². The molecule has 3 atom stereocenters. The quantitative estimate of drug-likeness (QED) is 0.293. The van der Waals surface area contributed by atoms with Crippen molar-refractivity contribution >= 4 is 29.9 Å². The fourth-order valence-corrected chi connectivity index (χ4v) is 4.83. The molecule has 15 heteroatoms. The predicted octanol–water partition coefficient (Wildman–Crippen LogP) is 1.76. The molecule has 0 unspecified atom stereocenters. The number of hydrogen-bond donors (Lipinski definition) is 2. The zero-order valence-electron chi connectivity index (χ0n) is 21.3. The molecule has 0 saturated carbocycles. The van der Waals surface area contributed by atoms with Crippen LogP contribution >= 0.6 is 0 Å². The fourth-order valence-electron chi connectivity index (χ4n) is 4.83. The molecule has 2 aliphatic heterocycles. The average Bonchev–Trinajstić information content (AvgIpc) is 3.32. The van der Waals surface area contributed by atoms with E-state index < -0.39 is 47.3 Å². The van der Waals surface area contributed by atoms with Crippen molar-refractivity contribution in [2.75, 3.05) is 39.8 Å². The molecule has 1 aromatic carbocycles. The standard InChI is InChI=1S/C23H31N5O10/c1-14(2)26-12-16(10-19(26)20(29)37-3)27(23(34)38-18-6-4-15(5-7-18)28(35)36)13-17-11-24(21(30)31)8-9-25(17)22(32)33/h4-7,14,16-17,19H,8-13H2,1-3H3,(H,30,31)(H,32,33)/t16-,17+,19+/m1/s1. The van der Waals surface area contributed by atoms with Crippen LogP contribution in [0.25, 0.3) is 0 Å². The second kappa shape index (κ2) is 11.9. The molecule has 2 heterocycles. The summed E-state index contributed by atoms with van der Waals surface area (Å²) in [5, 5.41) is 30.1. The number of hydrogen-bond acceptors (Lipinski definition) is 9. The van der Waals surface area contributed by atoms with E-state index in [1.165, 1.54) is 36.3 Å². The zero-order chi connectivity index (χ0) is 28.1. The van der Waals surface area contributed by atoms with Gasteiger partial charge in [-0.1, -0.05) is 0 Å². The highest BCUT2D eigenvalue weighted by Gasteiger charge is 2.45. The number of carbonyl (C=O) groups is 4. The fraction of sp³-hybridized carbons (Fsp3) is 0.565. The highest BCUT2D eigenvalue weighted by Crippen LogP contribution is 2.28. The van der Waals surface area contributed by atoms with Crippen LogP contribution in [0.2, 0.25) is 0 Å². The van der Waals surface area contributed by atoms with Gasteiger partial charge < -0.3 is 34.4 Å². The molecular formula is C23H31N5O10. The number of nitro groups is 1. The van der Waals surface area contributed by atoms with Crippen molar-refractivity contribution in [3.63, 3.8) is 0 Å². The third-order valence-corrected chi connectivity index (χ3v) is 6.79. The number of methoxy groups -OCH3 is 1. The van der Waals surface area contributed by atoms with Gasteiger partial charge in [0.2, 0.25) is 0 Å². The minimum atomic E-state index is -1.26. The summed E-state index contributed by atoms with van der Waals surface area (Å²) in [7, 11) is 1.27. The van der Waals surface area contributed by atoms with E-state index >= 15 is 0 Å². The van der Waals surface area contributed by atoms with Gasteiger partial charge in [0.1, 0.15) is 11.8 Å². The van der Waals surface area contributed by atoms with Crippen molar-refractivity contribution in [2.24, 2.45) is 0 Å². The van der Waals surface area contributed by atoms with Gasteiger partial charge in [0, 0.05) is 56.9 Å². The molecule has 0 bridgehead atoms. The normalized spacial score (nSPS) is 21.7. The molecule has 3 rings (SSSR count). The Kier molecular flexibility index (Phi) is 8.93. The molecule has 2 N–H and O–H groups in total. The van der Waals surface area contributed by atoms with Crippen molar-refractivity contribution in [3.05, 3.63) is 34.4 Å². The molecule has 0 aliphatic carbocycles. The number of carboxylic acid groups (broad SMARTS) is 2. The molecule has 2 aliphatic rings. The van der Waals surface area contributed by atoms with Crippen LogP contribution in [0.1, 0.15) is 20.3 Å². The Morgan fingerprint density at radius 2 is 1.76 bits per heavy atom. The van der Waals surface area contributed by atoms with Crippen molar-refractivity contribution < 1.29 is 43.8 Å². The minimum Gasteiger partial charge on any atom is -0.468 e. The van der Waals surface area contributed by atoms with Gasteiger partial charge in [0.15, 0.2) is 0 Å². The average molecular weight is 538 g/mol. The third kappa shape index (κ3) is 6.40. The van der Waals surface area contributed by atoms with Gasteiger partial charge in [0.05, 0.1) is 18.1 Å². The number of ether oxygens (including phenoxy) is 2. The van der Waals surface area contributed by atoms with Gasteiger partial charge in [-0.05, 0) is 32.4 Å². The summed E-state index contributed by atoms with van der Waals surface area (Å²) in [6.07, 6.45) is -3.15. The molecule has 0 spiro atoms. The summed E-state index contributed by atoms with van der Waals surface area (Å²) in [6.45, 7) is 3.57. The van der Waals surface area contributed by atoms with E-state index in [0.717, 1.165) is 9.80 Å². The van der Waals surface area contributed by atoms with Gasteiger partial charge in [0.25, 0.3) is 5.69 Å².